The Balaban J connectivity index is 1.82. The third-order valence-electron chi connectivity index (χ3n) is 4.63. The van der Waals surface area contributed by atoms with Crippen LogP contribution in [0, 0.1) is 12.3 Å². The third-order valence-corrected chi connectivity index (χ3v) is 4.63. The van der Waals surface area contributed by atoms with Crippen LogP contribution in [0.1, 0.15) is 51.2 Å². The highest BCUT2D eigenvalue weighted by molar-refractivity contribution is 5.78. The van der Waals surface area contributed by atoms with Gasteiger partial charge in [-0.25, -0.2) is 0 Å². The van der Waals surface area contributed by atoms with Crippen molar-refractivity contribution >= 4 is 11.8 Å². The molecule has 1 fully saturated rings. The smallest absolute Gasteiger partial charge is 0.223 e. The van der Waals surface area contributed by atoms with Gasteiger partial charge in [-0.15, -0.1) is 0 Å². The lowest BCUT2D eigenvalue weighted by molar-refractivity contribution is -0.134. The van der Waals surface area contributed by atoms with Crippen LogP contribution in [0.3, 0.4) is 0 Å². The summed E-state index contributed by atoms with van der Waals surface area (Å²) in [5, 5.41) is 0. The van der Waals surface area contributed by atoms with Crippen molar-refractivity contribution in [2.45, 2.75) is 53.4 Å². The molecule has 0 radical (unpaired) electrons. The summed E-state index contributed by atoms with van der Waals surface area (Å²) in [6.07, 6.45) is 2.75. The first kappa shape index (κ1) is 19.5. The molecular weight excluding hydrogens is 312 g/mol. The lowest BCUT2D eigenvalue weighted by Gasteiger charge is -2.25. The predicted octanol–water partition coefficient (Wildman–Crippen LogP) is 3.42. The van der Waals surface area contributed by atoms with Gasteiger partial charge in [0.25, 0.3) is 0 Å². The summed E-state index contributed by atoms with van der Waals surface area (Å²) in [5.74, 6) is 0.409. The molecule has 0 spiro atoms. The zero-order valence-electron chi connectivity index (χ0n) is 16.2. The highest BCUT2D eigenvalue weighted by Crippen LogP contribution is 2.20. The lowest BCUT2D eigenvalue weighted by Crippen LogP contribution is -2.38. The summed E-state index contributed by atoms with van der Waals surface area (Å²) in [6, 6.07) is 8.37. The van der Waals surface area contributed by atoms with E-state index in [1.807, 2.05) is 9.80 Å². The number of carbonyl (C=O) groups excluding carboxylic acids is 2. The van der Waals surface area contributed by atoms with Crippen LogP contribution in [-0.4, -0.2) is 47.8 Å². The number of benzene rings is 1. The number of nitrogens with zero attached hydrogens (tertiary/aromatic N) is 2. The Morgan fingerprint density at radius 2 is 1.48 bits per heavy atom. The van der Waals surface area contributed by atoms with E-state index in [2.05, 4.69) is 52.0 Å². The second-order valence-electron chi connectivity index (χ2n) is 8.34. The molecule has 1 aliphatic heterocycles. The molecule has 0 unspecified atom stereocenters. The van der Waals surface area contributed by atoms with E-state index in [1.54, 1.807) is 0 Å². The van der Waals surface area contributed by atoms with Crippen LogP contribution >= 0.6 is 0 Å². The van der Waals surface area contributed by atoms with E-state index >= 15 is 0 Å². The molecule has 25 heavy (non-hydrogen) atoms. The van der Waals surface area contributed by atoms with Crippen molar-refractivity contribution < 1.29 is 9.59 Å². The van der Waals surface area contributed by atoms with Crippen molar-refractivity contribution in [2.24, 2.45) is 5.41 Å². The van der Waals surface area contributed by atoms with Crippen LogP contribution < -0.4 is 0 Å². The molecule has 0 bridgehead atoms. The summed E-state index contributed by atoms with van der Waals surface area (Å²) >= 11 is 0. The van der Waals surface area contributed by atoms with Crippen LogP contribution in [0.15, 0.2) is 24.3 Å². The number of rotatable bonds is 4. The minimum absolute atomic E-state index is 0.00688. The van der Waals surface area contributed by atoms with Gasteiger partial charge in [-0.05, 0) is 30.7 Å². The van der Waals surface area contributed by atoms with Crippen LogP contribution in [0.4, 0.5) is 0 Å². The summed E-state index contributed by atoms with van der Waals surface area (Å²) in [4.78, 5) is 28.8. The SMILES string of the molecule is Cc1ccc(CCC(=O)N2CCCN(C(=O)CC(C)(C)C)CC2)cc1. The van der Waals surface area contributed by atoms with Gasteiger partial charge in [-0.2, -0.15) is 0 Å². The molecule has 0 atom stereocenters. The molecule has 1 saturated heterocycles. The number of aryl methyl sites for hydroxylation is 2. The number of amides is 2. The maximum Gasteiger partial charge on any atom is 0.223 e. The second kappa shape index (κ2) is 8.50. The molecule has 2 amide bonds. The quantitative estimate of drug-likeness (QED) is 0.840. The van der Waals surface area contributed by atoms with E-state index in [-0.39, 0.29) is 17.2 Å². The van der Waals surface area contributed by atoms with Crippen LogP contribution in [-0.2, 0) is 16.0 Å². The highest BCUT2D eigenvalue weighted by atomic mass is 16.2. The molecule has 1 aliphatic rings. The Morgan fingerprint density at radius 3 is 2.04 bits per heavy atom. The standard InChI is InChI=1S/C21H32N2O2/c1-17-6-8-18(9-7-17)10-11-19(24)22-12-5-13-23(15-14-22)20(25)16-21(2,3)4/h6-9H,5,10-16H2,1-4H3. The maximum atomic E-state index is 12.5. The third kappa shape index (κ3) is 6.52. The second-order valence-corrected chi connectivity index (χ2v) is 8.34. The molecule has 4 nitrogen and oxygen atoms in total. The average molecular weight is 344 g/mol. The van der Waals surface area contributed by atoms with Crippen molar-refractivity contribution in [3.63, 3.8) is 0 Å². The molecule has 0 aliphatic carbocycles. The summed E-state index contributed by atoms with van der Waals surface area (Å²) in [7, 11) is 0. The normalized spacial score (nSPS) is 15.8. The molecule has 4 heteroatoms. The largest absolute Gasteiger partial charge is 0.341 e. The van der Waals surface area contributed by atoms with E-state index < -0.39 is 0 Å². The van der Waals surface area contributed by atoms with Crippen LogP contribution in [0.25, 0.3) is 0 Å². The van der Waals surface area contributed by atoms with Gasteiger partial charge in [-0.1, -0.05) is 50.6 Å². The molecule has 1 heterocycles. The molecule has 1 aromatic rings. The first-order valence-corrected chi connectivity index (χ1v) is 9.36. The van der Waals surface area contributed by atoms with E-state index in [1.165, 1.54) is 11.1 Å². The zero-order chi connectivity index (χ0) is 18.4. The number of hydrogen-bond donors (Lipinski definition) is 0. The zero-order valence-corrected chi connectivity index (χ0v) is 16.2. The van der Waals surface area contributed by atoms with Gasteiger partial charge in [0.15, 0.2) is 0 Å². The Hall–Kier alpha value is -1.84. The lowest BCUT2D eigenvalue weighted by atomic mass is 9.91. The van der Waals surface area contributed by atoms with Crippen molar-refractivity contribution in [1.82, 2.24) is 9.80 Å². The van der Waals surface area contributed by atoms with Gasteiger partial charge in [0, 0.05) is 39.0 Å². The van der Waals surface area contributed by atoms with Crippen LogP contribution in [0.5, 0.6) is 0 Å². The van der Waals surface area contributed by atoms with Crippen molar-refractivity contribution in [3.05, 3.63) is 35.4 Å². The van der Waals surface area contributed by atoms with E-state index in [9.17, 15) is 9.59 Å². The Kier molecular flexibility index (Phi) is 6.63. The molecule has 0 N–H and O–H groups in total. The summed E-state index contributed by atoms with van der Waals surface area (Å²) in [6.45, 7) is 11.2. The number of hydrogen-bond acceptors (Lipinski definition) is 2. The molecule has 0 saturated carbocycles. The predicted molar refractivity (Wildman–Crippen MR) is 101 cm³/mol. The fourth-order valence-electron chi connectivity index (χ4n) is 3.15. The Morgan fingerprint density at radius 1 is 0.920 bits per heavy atom. The molecular formula is C21H32N2O2. The minimum Gasteiger partial charge on any atom is -0.341 e. The van der Waals surface area contributed by atoms with Gasteiger partial charge in [0.2, 0.25) is 11.8 Å². The summed E-state index contributed by atoms with van der Waals surface area (Å²) < 4.78 is 0. The van der Waals surface area contributed by atoms with Gasteiger partial charge >= 0.3 is 0 Å². The van der Waals surface area contributed by atoms with Gasteiger partial charge < -0.3 is 9.80 Å². The van der Waals surface area contributed by atoms with E-state index in [4.69, 9.17) is 0 Å². The minimum atomic E-state index is 0.00688. The monoisotopic (exact) mass is 344 g/mol. The Bertz CT molecular complexity index is 587. The fraction of sp³-hybridized carbons (Fsp3) is 0.619. The molecule has 1 aromatic carbocycles. The Labute approximate surface area is 152 Å². The van der Waals surface area contributed by atoms with Crippen molar-refractivity contribution in [2.75, 3.05) is 26.2 Å². The van der Waals surface area contributed by atoms with E-state index in [0.29, 0.717) is 25.9 Å². The van der Waals surface area contributed by atoms with Gasteiger partial charge in [0.05, 0.1) is 0 Å². The van der Waals surface area contributed by atoms with Gasteiger partial charge in [-0.3, -0.25) is 9.59 Å². The number of carbonyl (C=O) groups is 2. The van der Waals surface area contributed by atoms with Crippen molar-refractivity contribution in [1.29, 1.82) is 0 Å². The molecule has 2 rings (SSSR count). The first-order valence-electron chi connectivity index (χ1n) is 9.36. The summed E-state index contributed by atoms with van der Waals surface area (Å²) in [5.41, 5.74) is 2.45. The fourth-order valence-corrected chi connectivity index (χ4v) is 3.15. The van der Waals surface area contributed by atoms with Gasteiger partial charge in [0.1, 0.15) is 0 Å². The highest BCUT2D eigenvalue weighted by Gasteiger charge is 2.24. The van der Waals surface area contributed by atoms with Crippen LogP contribution in [0.2, 0.25) is 0 Å². The topological polar surface area (TPSA) is 40.6 Å². The van der Waals surface area contributed by atoms with E-state index in [0.717, 1.165) is 25.9 Å². The van der Waals surface area contributed by atoms with Crippen molar-refractivity contribution in [3.8, 4) is 0 Å². The maximum absolute atomic E-state index is 12.5. The molecule has 0 aromatic heterocycles. The average Bonchev–Trinajstić information content (AvgIpc) is 2.78. The molecule has 138 valence electrons. The first-order chi connectivity index (χ1) is 11.7.